The molecule has 2 atom stereocenters. The molecule has 0 amide bonds. The molecule has 0 aliphatic heterocycles. The van der Waals surface area contributed by atoms with Crippen molar-refractivity contribution >= 4 is 17.6 Å². The van der Waals surface area contributed by atoms with E-state index >= 15 is 0 Å². The fourth-order valence-corrected chi connectivity index (χ4v) is 5.52. The van der Waals surface area contributed by atoms with Crippen LogP contribution in [0, 0.1) is 5.92 Å². The number of hydrogen-bond acceptors (Lipinski definition) is 5. The van der Waals surface area contributed by atoms with Crippen LogP contribution in [-0.4, -0.2) is 30.8 Å². The van der Waals surface area contributed by atoms with E-state index in [9.17, 15) is 4.79 Å². The third kappa shape index (κ3) is 10.6. The van der Waals surface area contributed by atoms with Gasteiger partial charge in [0, 0.05) is 11.6 Å². The summed E-state index contributed by atoms with van der Waals surface area (Å²) in [4.78, 5) is 12.3. The second kappa shape index (κ2) is 15.7. The Kier molecular flexibility index (Phi) is 12.7. The molecule has 0 saturated carbocycles. The summed E-state index contributed by atoms with van der Waals surface area (Å²) >= 11 is 0. The van der Waals surface area contributed by atoms with Crippen LogP contribution in [0.5, 0.6) is 5.75 Å². The fourth-order valence-electron chi connectivity index (χ4n) is 5.52. The molecular weight excluding hydrogens is 520 g/mol. The Hall–Kier alpha value is -2.63. The van der Waals surface area contributed by atoms with Crippen molar-refractivity contribution in [1.82, 2.24) is 0 Å². The average Bonchev–Trinajstić information content (AvgIpc) is 3.14. The van der Waals surface area contributed by atoms with Gasteiger partial charge in [0.15, 0.2) is 0 Å². The van der Waals surface area contributed by atoms with Crippen molar-refractivity contribution in [3.8, 4) is 5.75 Å². The molecule has 4 N–H and O–H groups in total. The van der Waals surface area contributed by atoms with Crippen molar-refractivity contribution in [1.29, 1.82) is 0 Å². The van der Waals surface area contributed by atoms with E-state index in [0.717, 1.165) is 50.7 Å². The van der Waals surface area contributed by atoms with Crippen molar-refractivity contribution in [2.24, 2.45) is 17.4 Å². The summed E-state index contributed by atoms with van der Waals surface area (Å²) in [6.07, 6.45) is 10.2. The number of carbonyl (C=O) groups is 1. The molecule has 5 heteroatoms. The Morgan fingerprint density at radius 1 is 0.881 bits per heavy atom. The molecule has 0 aromatic heterocycles. The standard InChI is InChI=1S/C37H56N2O3/c1-25(2)30-20-31(26(3)4)22-32(21-30)29-14-12-13-28-15-16-34(23-33(28)19-29)41-17-10-8-9-11-18-42-36(40)27(5)35(38)24-37(6,7)39/h15-16,19-23,25-27,35H,8-14,17-18,24,38-39H2,1-7H3. The van der Waals surface area contributed by atoms with Crippen LogP contribution < -0.4 is 16.2 Å². The third-order valence-corrected chi connectivity index (χ3v) is 8.35. The second-order valence-corrected chi connectivity index (χ2v) is 13.7. The number of carbonyl (C=O) groups excluding carboxylic acids is 1. The van der Waals surface area contributed by atoms with Gasteiger partial charge in [0.05, 0.1) is 19.1 Å². The number of allylic oxidation sites excluding steroid dienone is 1. The van der Waals surface area contributed by atoms with Crippen LogP contribution in [-0.2, 0) is 16.0 Å². The zero-order chi connectivity index (χ0) is 30.9. The summed E-state index contributed by atoms with van der Waals surface area (Å²) in [5.74, 6) is 1.38. The summed E-state index contributed by atoms with van der Waals surface area (Å²) < 4.78 is 11.6. The van der Waals surface area contributed by atoms with Crippen LogP contribution in [0.15, 0.2) is 36.4 Å². The molecule has 3 rings (SSSR count). The van der Waals surface area contributed by atoms with Gasteiger partial charge in [0.2, 0.25) is 0 Å². The minimum absolute atomic E-state index is 0.233. The van der Waals surface area contributed by atoms with Crippen molar-refractivity contribution in [2.45, 2.75) is 123 Å². The summed E-state index contributed by atoms with van der Waals surface area (Å²) in [6.45, 7) is 15.9. The smallest absolute Gasteiger partial charge is 0.310 e. The van der Waals surface area contributed by atoms with Gasteiger partial charge in [-0.15, -0.1) is 0 Å². The number of rotatable bonds is 15. The van der Waals surface area contributed by atoms with Crippen LogP contribution in [0.25, 0.3) is 11.6 Å². The number of benzene rings is 2. The number of fused-ring (bicyclic) bond motifs is 1. The van der Waals surface area contributed by atoms with E-state index in [-0.39, 0.29) is 17.9 Å². The van der Waals surface area contributed by atoms with Crippen LogP contribution >= 0.6 is 0 Å². The maximum absolute atomic E-state index is 12.3. The average molecular weight is 577 g/mol. The molecule has 42 heavy (non-hydrogen) atoms. The Labute approximate surface area is 255 Å². The number of unbranched alkanes of at least 4 members (excludes halogenated alkanes) is 3. The highest BCUT2D eigenvalue weighted by Gasteiger charge is 2.26. The molecule has 0 radical (unpaired) electrons. The van der Waals surface area contributed by atoms with Crippen LogP contribution in [0.2, 0.25) is 0 Å². The SMILES string of the molecule is CC(C)c1cc(C2=Cc3cc(OCCCCCCOC(=O)C(C)C(N)CC(C)(C)N)ccc3CCC2)cc(C(C)C)c1. The fraction of sp³-hybridized carbons (Fsp3) is 0.595. The van der Waals surface area contributed by atoms with Crippen molar-refractivity contribution in [3.05, 3.63) is 64.2 Å². The Morgan fingerprint density at radius 2 is 1.52 bits per heavy atom. The number of nitrogens with two attached hydrogens (primary N) is 2. The number of hydrogen-bond donors (Lipinski definition) is 2. The van der Waals surface area contributed by atoms with Gasteiger partial charge >= 0.3 is 5.97 Å². The highest BCUT2D eigenvalue weighted by Crippen LogP contribution is 2.34. The van der Waals surface area contributed by atoms with Crippen molar-refractivity contribution < 1.29 is 14.3 Å². The van der Waals surface area contributed by atoms with E-state index in [1.165, 1.54) is 33.4 Å². The molecule has 0 bridgehead atoms. The molecule has 2 aromatic rings. The first-order valence-corrected chi connectivity index (χ1v) is 16.2. The van der Waals surface area contributed by atoms with Crippen molar-refractivity contribution in [3.63, 3.8) is 0 Å². The summed E-state index contributed by atoms with van der Waals surface area (Å²) in [6, 6.07) is 13.4. The molecule has 1 aliphatic carbocycles. The maximum Gasteiger partial charge on any atom is 0.310 e. The van der Waals surface area contributed by atoms with Gasteiger partial charge < -0.3 is 20.9 Å². The van der Waals surface area contributed by atoms with Crippen LogP contribution in [0.1, 0.15) is 133 Å². The molecule has 1 aliphatic rings. The topological polar surface area (TPSA) is 87.6 Å². The summed E-state index contributed by atoms with van der Waals surface area (Å²) in [5, 5.41) is 0. The first-order chi connectivity index (χ1) is 19.8. The molecular formula is C37H56N2O3. The van der Waals surface area contributed by atoms with E-state index in [0.29, 0.717) is 31.5 Å². The van der Waals surface area contributed by atoms with Gasteiger partial charge in [0.1, 0.15) is 5.75 Å². The van der Waals surface area contributed by atoms with Gasteiger partial charge in [-0.25, -0.2) is 0 Å². The molecule has 2 aromatic carbocycles. The van der Waals surface area contributed by atoms with Crippen LogP contribution in [0.3, 0.4) is 0 Å². The summed E-state index contributed by atoms with van der Waals surface area (Å²) in [5.41, 5.74) is 20.1. The van der Waals surface area contributed by atoms with Crippen LogP contribution in [0.4, 0.5) is 0 Å². The van der Waals surface area contributed by atoms with E-state index in [2.05, 4.69) is 70.2 Å². The number of aryl methyl sites for hydroxylation is 1. The van der Waals surface area contributed by atoms with E-state index in [4.69, 9.17) is 20.9 Å². The van der Waals surface area contributed by atoms with Gasteiger partial charge in [-0.1, -0.05) is 65.0 Å². The lowest BCUT2D eigenvalue weighted by molar-refractivity contribution is -0.148. The normalized spacial score (nSPS) is 15.2. The molecule has 0 saturated heterocycles. The minimum atomic E-state index is -0.397. The second-order valence-electron chi connectivity index (χ2n) is 13.7. The lowest BCUT2D eigenvalue weighted by Gasteiger charge is -2.26. The van der Waals surface area contributed by atoms with Gasteiger partial charge in [0.25, 0.3) is 0 Å². The Bertz CT molecular complexity index is 1170. The highest BCUT2D eigenvalue weighted by molar-refractivity contribution is 5.84. The minimum Gasteiger partial charge on any atom is -0.494 e. The molecule has 0 heterocycles. The molecule has 2 unspecified atom stereocenters. The first kappa shape index (κ1) is 33.9. The summed E-state index contributed by atoms with van der Waals surface area (Å²) in [7, 11) is 0. The third-order valence-electron chi connectivity index (χ3n) is 8.35. The molecule has 0 spiro atoms. The lowest BCUT2D eigenvalue weighted by atomic mass is 9.89. The van der Waals surface area contributed by atoms with Gasteiger partial charge in [-0.2, -0.15) is 0 Å². The molecule has 232 valence electrons. The van der Waals surface area contributed by atoms with Gasteiger partial charge in [-0.05, 0) is 123 Å². The zero-order valence-corrected chi connectivity index (χ0v) is 27.3. The maximum atomic E-state index is 12.3. The predicted octanol–water partition coefficient (Wildman–Crippen LogP) is 8.38. The molecule has 5 nitrogen and oxygen atoms in total. The van der Waals surface area contributed by atoms with E-state index < -0.39 is 5.54 Å². The Morgan fingerprint density at radius 3 is 2.14 bits per heavy atom. The lowest BCUT2D eigenvalue weighted by Crippen LogP contribution is -2.44. The predicted molar refractivity (Wildman–Crippen MR) is 177 cm³/mol. The highest BCUT2D eigenvalue weighted by atomic mass is 16.5. The first-order valence-electron chi connectivity index (χ1n) is 16.2. The quantitative estimate of drug-likeness (QED) is 0.164. The largest absolute Gasteiger partial charge is 0.494 e. The van der Waals surface area contributed by atoms with E-state index in [1.54, 1.807) is 0 Å². The number of ether oxygens (including phenoxy) is 2. The van der Waals surface area contributed by atoms with Crippen molar-refractivity contribution in [2.75, 3.05) is 13.2 Å². The molecule has 0 fully saturated rings. The Balaban J connectivity index is 1.48. The zero-order valence-electron chi connectivity index (χ0n) is 27.3. The monoisotopic (exact) mass is 576 g/mol. The number of esters is 1. The van der Waals surface area contributed by atoms with E-state index in [1.807, 2.05) is 20.8 Å². The van der Waals surface area contributed by atoms with Gasteiger partial charge in [-0.3, -0.25) is 4.79 Å².